The molecule has 0 amide bonds. The molecule has 0 radical (unpaired) electrons. The molecule has 1 aliphatic rings. The first-order valence-electron chi connectivity index (χ1n) is 6.63. The Bertz CT molecular complexity index is 836. The van der Waals surface area contributed by atoms with Gasteiger partial charge in [-0.15, -0.1) is 0 Å². The Morgan fingerprint density at radius 3 is 2.48 bits per heavy atom. The number of aromatic nitrogens is 2. The summed E-state index contributed by atoms with van der Waals surface area (Å²) in [5.74, 6) is 1.35. The highest BCUT2D eigenvalue weighted by molar-refractivity contribution is 7.71. The van der Waals surface area contributed by atoms with Gasteiger partial charge in [-0.05, 0) is 30.2 Å². The standard InChI is InChI=1S/C15H16N2O3S/c1-16-14(21)8-11-10-7-13(20-3)12(19-2)6-9(10)4-5-17(11)15(16)18/h6-8H,4-5H2,1-3H3. The summed E-state index contributed by atoms with van der Waals surface area (Å²) in [5.41, 5.74) is 2.86. The van der Waals surface area contributed by atoms with Crippen molar-refractivity contribution in [2.75, 3.05) is 14.2 Å². The molecule has 1 aromatic carbocycles. The molecule has 0 spiro atoms. The Morgan fingerprint density at radius 1 is 1.14 bits per heavy atom. The number of hydrogen-bond acceptors (Lipinski definition) is 4. The highest BCUT2D eigenvalue weighted by atomic mass is 32.1. The number of fused-ring (bicyclic) bond motifs is 3. The number of hydrogen-bond donors (Lipinski definition) is 0. The summed E-state index contributed by atoms with van der Waals surface area (Å²) < 4.78 is 14.5. The van der Waals surface area contributed by atoms with Crippen LogP contribution in [0.2, 0.25) is 0 Å². The third kappa shape index (κ3) is 2.06. The topological polar surface area (TPSA) is 45.4 Å². The summed E-state index contributed by atoms with van der Waals surface area (Å²) in [6.45, 7) is 0.639. The van der Waals surface area contributed by atoms with Crippen LogP contribution in [0.15, 0.2) is 23.0 Å². The molecule has 0 saturated heterocycles. The highest BCUT2D eigenvalue weighted by Crippen LogP contribution is 2.37. The quantitative estimate of drug-likeness (QED) is 0.798. The molecule has 2 aromatic rings. The van der Waals surface area contributed by atoms with Gasteiger partial charge in [-0.25, -0.2) is 4.79 Å². The maximum atomic E-state index is 12.3. The Balaban J connectivity index is 2.33. The lowest BCUT2D eigenvalue weighted by atomic mass is 9.97. The van der Waals surface area contributed by atoms with Crippen molar-refractivity contribution < 1.29 is 9.47 Å². The van der Waals surface area contributed by atoms with Crippen molar-refractivity contribution in [3.05, 3.63) is 38.9 Å². The Hall–Kier alpha value is -2.08. The zero-order valence-corrected chi connectivity index (χ0v) is 13.0. The van der Waals surface area contributed by atoms with Gasteiger partial charge in [0.15, 0.2) is 11.5 Å². The summed E-state index contributed by atoms with van der Waals surface area (Å²) in [6.07, 6.45) is 0.777. The van der Waals surface area contributed by atoms with E-state index in [0.717, 1.165) is 23.2 Å². The van der Waals surface area contributed by atoms with Gasteiger partial charge >= 0.3 is 5.69 Å². The number of methoxy groups -OCH3 is 2. The fourth-order valence-corrected chi connectivity index (χ4v) is 2.90. The van der Waals surface area contributed by atoms with E-state index in [0.29, 0.717) is 22.7 Å². The predicted molar refractivity (Wildman–Crippen MR) is 82.8 cm³/mol. The van der Waals surface area contributed by atoms with Gasteiger partial charge in [0.2, 0.25) is 0 Å². The maximum absolute atomic E-state index is 12.3. The molecule has 5 nitrogen and oxygen atoms in total. The summed E-state index contributed by atoms with van der Waals surface area (Å²) in [5, 5.41) is 0. The molecule has 2 heterocycles. The zero-order chi connectivity index (χ0) is 15.1. The van der Waals surface area contributed by atoms with Gasteiger partial charge in [0.05, 0.1) is 19.9 Å². The molecule has 0 unspecified atom stereocenters. The lowest BCUT2D eigenvalue weighted by Crippen LogP contribution is -2.33. The van der Waals surface area contributed by atoms with Crippen molar-refractivity contribution in [2.24, 2.45) is 7.05 Å². The molecule has 3 rings (SSSR count). The van der Waals surface area contributed by atoms with Crippen LogP contribution in [-0.2, 0) is 20.0 Å². The minimum absolute atomic E-state index is 0.0852. The van der Waals surface area contributed by atoms with Crippen molar-refractivity contribution in [3.63, 3.8) is 0 Å². The average Bonchev–Trinajstić information content (AvgIpc) is 2.51. The summed E-state index contributed by atoms with van der Waals surface area (Å²) in [7, 11) is 4.92. The highest BCUT2D eigenvalue weighted by Gasteiger charge is 2.21. The molecule has 1 aliphatic heterocycles. The van der Waals surface area contributed by atoms with E-state index in [4.69, 9.17) is 21.7 Å². The molecular weight excluding hydrogens is 288 g/mol. The average molecular weight is 304 g/mol. The fourth-order valence-electron chi connectivity index (χ4n) is 2.71. The van der Waals surface area contributed by atoms with Crippen LogP contribution < -0.4 is 15.2 Å². The molecule has 0 fully saturated rings. The minimum atomic E-state index is -0.0852. The van der Waals surface area contributed by atoms with E-state index in [2.05, 4.69) is 0 Å². The molecule has 0 bridgehead atoms. The first-order valence-corrected chi connectivity index (χ1v) is 7.03. The number of nitrogens with zero attached hydrogens (tertiary/aromatic N) is 2. The van der Waals surface area contributed by atoms with Crippen molar-refractivity contribution in [1.82, 2.24) is 9.13 Å². The van der Waals surface area contributed by atoms with Crippen LogP contribution >= 0.6 is 12.2 Å². The fraction of sp³-hybridized carbons (Fsp3) is 0.333. The molecular formula is C15H16N2O3S. The lowest BCUT2D eigenvalue weighted by molar-refractivity contribution is 0.354. The molecule has 0 N–H and O–H groups in total. The Morgan fingerprint density at radius 2 is 1.81 bits per heavy atom. The number of rotatable bonds is 2. The molecule has 0 saturated carbocycles. The van der Waals surface area contributed by atoms with Gasteiger partial charge in [0.25, 0.3) is 0 Å². The van der Waals surface area contributed by atoms with Crippen molar-refractivity contribution >= 4 is 12.2 Å². The zero-order valence-electron chi connectivity index (χ0n) is 12.2. The summed E-state index contributed by atoms with van der Waals surface area (Å²) >= 11 is 5.26. The molecule has 21 heavy (non-hydrogen) atoms. The van der Waals surface area contributed by atoms with Gasteiger partial charge in [0.1, 0.15) is 4.64 Å². The van der Waals surface area contributed by atoms with E-state index in [1.54, 1.807) is 25.8 Å². The third-order valence-electron chi connectivity index (χ3n) is 3.89. The van der Waals surface area contributed by atoms with Crippen LogP contribution in [0.1, 0.15) is 5.56 Å². The maximum Gasteiger partial charge on any atom is 0.329 e. The molecule has 6 heteroatoms. The van der Waals surface area contributed by atoms with Crippen LogP contribution in [0.25, 0.3) is 11.3 Å². The second-order valence-electron chi connectivity index (χ2n) is 4.98. The van der Waals surface area contributed by atoms with Gasteiger partial charge < -0.3 is 9.47 Å². The monoisotopic (exact) mass is 304 g/mol. The molecule has 0 aliphatic carbocycles. The second kappa shape index (κ2) is 5.04. The summed E-state index contributed by atoms with van der Waals surface area (Å²) in [4.78, 5) is 12.3. The normalized spacial score (nSPS) is 12.5. The molecule has 0 atom stereocenters. The van der Waals surface area contributed by atoms with E-state index in [-0.39, 0.29) is 5.69 Å². The number of benzene rings is 1. The first-order chi connectivity index (χ1) is 10.1. The van der Waals surface area contributed by atoms with E-state index in [1.165, 1.54) is 4.57 Å². The van der Waals surface area contributed by atoms with Gasteiger partial charge in [0, 0.05) is 19.2 Å². The van der Waals surface area contributed by atoms with Crippen molar-refractivity contribution in [1.29, 1.82) is 0 Å². The SMILES string of the molecule is COc1cc2c(cc1OC)-c1cc(=S)n(C)c(=O)n1CC2. The van der Waals surface area contributed by atoms with E-state index in [1.807, 2.05) is 18.2 Å². The first kappa shape index (κ1) is 13.9. The number of aryl methyl sites for hydroxylation is 1. The minimum Gasteiger partial charge on any atom is -0.493 e. The molecule has 1 aromatic heterocycles. The molecule has 110 valence electrons. The van der Waals surface area contributed by atoms with E-state index >= 15 is 0 Å². The third-order valence-corrected chi connectivity index (χ3v) is 4.28. The van der Waals surface area contributed by atoms with Crippen LogP contribution in [0.5, 0.6) is 11.5 Å². The van der Waals surface area contributed by atoms with Crippen LogP contribution in [-0.4, -0.2) is 23.4 Å². The smallest absolute Gasteiger partial charge is 0.329 e. The van der Waals surface area contributed by atoms with Crippen molar-refractivity contribution in [3.8, 4) is 22.8 Å². The van der Waals surface area contributed by atoms with Crippen LogP contribution in [0.3, 0.4) is 0 Å². The van der Waals surface area contributed by atoms with Gasteiger partial charge in [-0.2, -0.15) is 0 Å². The Kier molecular flexibility index (Phi) is 3.33. The van der Waals surface area contributed by atoms with Crippen LogP contribution in [0.4, 0.5) is 0 Å². The van der Waals surface area contributed by atoms with E-state index in [9.17, 15) is 4.79 Å². The number of ether oxygens (including phenoxy) is 2. The summed E-state index contributed by atoms with van der Waals surface area (Å²) in [6, 6.07) is 5.74. The second-order valence-corrected chi connectivity index (χ2v) is 5.39. The van der Waals surface area contributed by atoms with Crippen LogP contribution in [0, 0.1) is 4.64 Å². The van der Waals surface area contributed by atoms with E-state index < -0.39 is 0 Å². The van der Waals surface area contributed by atoms with Gasteiger partial charge in [-0.3, -0.25) is 9.13 Å². The van der Waals surface area contributed by atoms with Crippen molar-refractivity contribution in [2.45, 2.75) is 13.0 Å². The van der Waals surface area contributed by atoms with Gasteiger partial charge in [-0.1, -0.05) is 12.2 Å². The predicted octanol–water partition coefficient (Wildman–Crippen LogP) is 2.16. The largest absolute Gasteiger partial charge is 0.493 e. The lowest BCUT2D eigenvalue weighted by Gasteiger charge is -2.23. The Labute approximate surface area is 127 Å².